The number of thiocarbonyl (C=S) groups is 1. The Kier molecular flexibility index (Phi) is 5.57. The summed E-state index contributed by atoms with van der Waals surface area (Å²) >= 11 is 7.09. The van der Waals surface area contributed by atoms with E-state index in [1.54, 1.807) is 11.8 Å². The summed E-state index contributed by atoms with van der Waals surface area (Å²) in [6, 6.07) is 31.7. The third-order valence-corrected chi connectivity index (χ3v) is 6.47. The third kappa shape index (κ3) is 3.63. The van der Waals surface area contributed by atoms with Gasteiger partial charge in [0.25, 0.3) is 0 Å². The fraction of sp³-hybridized carbons (Fsp3) is 0.136. The fourth-order valence-electron chi connectivity index (χ4n) is 3.05. The van der Waals surface area contributed by atoms with Crippen molar-refractivity contribution in [3.8, 4) is 0 Å². The number of hydrogen-bond acceptors (Lipinski definition) is 2. The smallest absolute Gasteiger partial charge is 0.0913 e. The Morgan fingerprint density at radius 2 is 1.08 bits per heavy atom. The number of hydrogen-bond donors (Lipinski definition) is 1. The molecule has 0 aliphatic carbocycles. The maximum absolute atomic E-state index is 5.99. The summed E-state index contributed by atoms with van der Waals surface area (Å²) in [6.07, 6.45) is 0. The zero-order chi connectivity index (χ0) is 17.7. The van der Waals surface area contributed by atoms with Crippen molar-refractivity contribution in [1.29, 1.82) is 0 Å². The van der Waals surface area contributed by atoms with Crippen LogP contribution < -0.4 is 5.73 Å². The van der Waals surface area contributed by atoms with Crippen LogP contribution in [-0.2, 0) is 4.75 Å². The second-order valence-electron chi connectivity index (χ2n) is 5.94. The molecular formula is C22H21NS2. The summed E-state index contributed by atoms with van der Waals surface area (Å²) in [5.74, 6) is 0. The molecule has 0 heterocycles. The number of thioether (sulfide) groups is 1. The first-order chi connectivity index (χ1) is 12.1. The highest BCUT2D eigenvalue weighted by Gasteiger charge is 2.38. The topological polar surface area (TPSA) is 26.0 Å². The predicted octanol–water partition coefficient (Wildman–Crippen LogP) is 5.39. The minimum absolute atomic E-state index is 0.0376. The minimum atomic E-state index is -0.368. The zero-order valence-corrected chi connectivity index (χ0v) is 15.8. The van der Waals surface area contributed by atoms with Crippen molar-refractivity contribution in [3.63, 3.8) is 0 Å². The van der Waals surface area contributed by atoms with Gasteiger partial charge in [0.1, 0.15) is 0 Å². The normalized spacial score (nSPS) is 12.5. The molecule has 0 spiro atoms. The predicted molar refractivity (Wildman–Crippen MR) is 113 cm³/mol. The van der Waals surface area contributed by atoms with Crippen LogP contribution in [0.25, 0.3) is 0 Å². The van der Waals surface area contributed by atoms with Gasteiger partial charge in [0.05, 0.1) is 15.0 Å². The van der Waals surface area contributed by atoms with E-state index in [0.29, 0.717) is 4.99 Å². The highest BCUT2D eigenvalue weighted by Crippen LogP contribution is 2.50. The maximum atomic E-state index is 5.99. The first-order valence-electron chi connectivity index (χ1n) is 8.28. The van der Waals surface area contributed by atoms with E-state index in [0.717, 1.165) is 0 Å². The summed E-state index contributed by atoms with van der Waals surface area (Å²) in [5.41, 5.74) is 9.66. The lowest BCUT2D eigenvalue weighted by Gasteiger charge is -2.37. The first-order valence-corrected chi connectivity index (χ1v) is 9.57. The Morgan fingerprint density at radius 3 is 1.36 bits per heavy atom. The largest absolute Gasteiger partial charge is 0.392 e. The Morgan fingerprint density at radius 1 is 0.760 bits per heavy atom. The molecule has 0 saturated heterocycles. The van der Waals surface area contributed by atoms with Gasteiger partial charge in [-0.2, -0.15) is 0 Å². The van der Waals surface area contributed by atoms with Gasteiger partial charge in [0, 0.05) is 0 Å². The van der Waals surface area contributed by atoms with E-state index in [1.165, 1.54) is 16.7 Å². The Hall–Kier alpha value is -2.10. The number of rotatable bonds is 6. The number of benzene rings is 3. The lowest BCUT2D eigenvalue weighted by molar-refractivity contribution is 0.891. The van der Waals surface area contributed by atoms with E-state index in [-0.39, 0.29) is 10.00 Å². The fourth-order valence-corrected chi connectivity index (χ4v) is 4.65. The summed E-state index contributed by atoms with van der Waals surface area (Å²) in [5, 5.41) is 0.0376. The van der Waals surface area contributed by atoms with E-state index in [9.17, 15) is 0 Å². The third-order valence-electron chi connectivity index (χ3n) is 4.30. The van der Waals surface area contributed by atoms with Crippen LogP contribution in [0.2, 0.25) is 0 Å². The average molecular weight is 364 g/mol. The van der Waals surface area contributed by atoms with E-state index in [1.807, 2.05) is 18.2 Å². The van der Waals surface area contributed by atoms with Crippen molar-refractivity contribution in [2.45, 2.75) is 16.9 Å². The van der Waals surface area contributed by atoms with Crippen LogP contribution in [0.3, 0.4) is 0 Å². The maximum Gasteiger partial charge on any atom is 0.0913 e. The molecule has 3 aromatic rings. The van der Waals surface area contributed by atoms with Crippen LogP contribution in [0.15, 0.2) is 91.0 Å². The molecule has 3 heteroatoms. The Balaban J connectivity index is 2.29. The number of nitrogens with two attached hydrogens (primary N) is 1. The van der Waals surface area contributed by atoms with Crippen molar-refractivity contribution >= 4 is 29.0 Å². The molecule has 126 valence electrons. The van der Waals surface area contributed by atoms with E-state index in [4.69, 9.17) is 18.0 Å². The van der Waals surface area contributed by atoms with Gasteiger partial charge in [-0.25, -0.2) is 0 Å². The molecule has 1 nitrogen and oxygen atoms in total. The van der Waals surface area contributed by atoms with Crippen molar-refractivity contribution in [2.24, 2.45) is 5.73 Å². The van der Waals surface area contributed by atoms with Crippen LogP contribution in [0.5, 0.6) is 0 Å². The quantitative estimate of drug-likeness (QED) is 0.470. The van der Waals surface area contributed by atoms with Crippen molar-refractivity contribution in [1.82, 2.24) is 0 Å². The second-order valence-corrected chi connectivity index (χ2v) is 7.97. The molecule has 0 fully saturated rings. The van der Waals surface area contributed by atoms with Gasteiger partial charge in [-0.1, -0.05) is 103 Å². The highest BCUT2D eigenvalue weighted by molar-refractivity contribution is 8.03. The molecule has 0 aliphatic heterocycles. The van der Waals surface area contributed by atoms with Crippen LogP contribution in [0.1, 0.15) is 23.6 Å². The lowest BCUT2D eigenvalue weighted by atomic mass is 9.84. The molecule has 0 bridgehead atoms. The van der Waals surface area contributed by atoms with Gasteiger partial charge in [0.2, 0.25) is 0 Å². The minimum Gasteiger partial charge on any atom is -0.392 e. The van der Waals surface area contributed by atoms with Gasteiger partial charge >= 0.3 is 0 Å². The van der Waals surface area contributed by atoms with E-state index in [2.05, 4.69) is 79.7 Å². The second kappa shape index (κ2) is 7.85. The van der Waals surface area contributed by atoms with Crippen LogP contribution in [-0.4, -0.2) is 10.2 Å². The molecule has 0 amide bonds. The van der Waals surface area contributed by atoms with Gasteiger partial charge in [-0.15, -0.1) is 11.8 Å². The van der Waals surface area contributed by atoms with Crippen LogP contribution in [0, 0.1) is 0 Å². The van der Waals surface area contributed by atoms with Crippen molar-refractivity contribution in [2.75, 3.05) is 0 Å². The van der Waals surface area contributed by atoms with Crippen LogP contribution >= 0.6 is 24.0 Å². The molecule has 0 radical (unpaired) electrons. The van der Waals surface area contributed by atoms with Crippen molar-refractivity contribution < 1.29 is 0 Å². The molecule has 1 atom stereocenters. The molecule has 1 unspecified atom stereocenters. The van der Waals surface area contributed by atoms with Crippen LogP contribution in [0.4, 0.5) is 0 Å². The van der Waals surface area contributed by atoms with Crippen molar-refractivity contribution in [3.05, 3.63) is 108 Å². The van der Waals surface area contributed by atoms with Gasteiger partial charge < -0.3 is 5.73 Å². The van der Waals surface area contributed by atoms with Gasteiger partial charge in [-0.05, 0) is 23.6 Å². The summed E-state index contributed by atoms with van der Waals surface area (Å²) in [7, 11) is 0. The summed E-state index contributed by atoms with van der Waals surface area (Å²) < 4.78 is -0.368. The average Bonchev–Trinajstić information content (AvgIpc) is 2.68. The monoisotopic (exact) mass is 363 g/mol. The zero-order valence-electron chi connectivity index (χ0n) is 14.1. The molecule has 0 saturated carbocycles. The molecule has 0 aromatic heterocycles. The molecule has 25 heavy (non-hydrogen) atoms. The first kappa shape index (κ1) is 17.7. The lowest BCUT2D eigenvalue weighted by Crippen LogP contribution is -2.32. The van der Waals surface area contributed by atoms with E-state index >= 15 is 0 Å². The summed E-state index contributed by atoms with van der Waals surface area (Å²) in [6.45, 7) is 2.08. The SMILES string of the molecule is CC(SC(c1ccccc1)(c1ccccc1)c1ccccc1)C(N)=S. The summed E-state index contributed by atoms with van der Waals surface area (Å²) in [4.78, 5) is 0.525. The Labute approximate surface area is 159 Å². The van der Waals surface area contributed by atoms with E-state index < -0.39 is 0 Å². The molecular weight excluding hydrogens is 342 g/mol. The molecule has 2 N–H and O–H groups in total. The standard InChI is InChI=1S/C22H21NS2/c1-17(21(23)24)25-22(18-11-5-2-6-12-18,19-13-7-3-8-14-19)20-15-9-4-10-16-20/h2-17H,1H3,(H2,23,24). The molecule has 3 aromatic carbocycles. The van der Waals surface area contributed by atoms with Gasteiger partial charge in [-0.3, -0.25) is 0 Å². The van der Waals surface area contributed by atoms with Gasteiger partial charge in [0.15, 0.2) is 0 Å². The molecule has 3 rings (SSSR count). The highest BCUT2D eigenvalue weighted by atomic mass is 32.2. The molecule has 0 aliphatic rings. The Bertz CT molecular complexity index is 720.